The largest absolute Gasteiger partial charge is 0.365 e. The number of benzene rings is 2. The molecular formula is C22H25Cl2NO2. The van der Waals surface area contributed by atoms with Crippen molar-refractivity contribution in [1.82, 2.24) is 5.32 Å². The van der Waals surface area contributed by atoms with Crippen LogP contribution in [0.25, 0.3) is 0 Å². The van der Waals surface area contributed by atoms with Crippen molar-refractivity contribution in [3.8, 4) is 0 Å². The third-order valence-corrected chi connectivity index (χ3v) is 5.46. The molecule has 1 N–H and O–H groups in total. The topological polar surface area (TPSA) is 38.3 Å². The van der Waals surface area contributed by atoms with Crippen LogP contribution in [0.1, 0.15) is 56.9 Å². The van der Waals surface area contributed by atoms with E-state index in [-0.39, 0.29) is 29.6 Å². The molecule has 2 aromatic rings. The summed E-state index contributed by atoms with van der Waals surface area (Å²) in [5.41, 5.74) is 1.64. The fourth-order valence-corrected chi connectivity index (χ4v) is 3.94. The molecule has 1 unspecified atom stereocenters. The Labute approximate surface area is 171 Å². The van der Waals surface area contributed by atoms with E-state index in [1.807, 2.05) is 62.4 Å². The van der Waals surface area contributed by atoms with Gasteiger partial charge in [0.05, 0.1) is 12.2 Å². The van der Waals surface area contributed by atoms with E-state index in [0.29, 0.717) is 22.9 Å². The van der Waals surface area contributed by atoms with Crippen molar-refractivity contribution in [2.24, 2.45) is 5.92 Å². The number of amides is 1. The van der Waals surface area contributed by atoms with Crippen molar-refractivity contribution in [1.29, 1.82) is 0 Å². The Morgan fingerprint density at radius 3 is 1.93 bits per heavy atom. The molecule has 1 aliphatic heterocycles. The second kappa shape index (κ2) is 8.22. The van der Waals surface area contributed by atoms with Gasteiger partial charge in [0.1, 0.15) is 0 Å². The molecule has 0 aromatic heterocycles. The first-order valence-electron chi connectivity index (χ1n) is 9.24. The van der Waals surface area contributed by atoms with Gasteiger partial charge in [-0.3, -0.25) is 4.79 Å². The Hall–Kier alpha value is -1.55. The quantitative estimate of drug-likeness (QED) is 0.665. The lowest BCUT2D eigenvalue weighted by molar-refractivity contribution is -0.131. The molecule has 5 heteroatoms. The van der Waals surface area contributed by atoms with Gasteiger partial charge in [-0.25, -0.2) is 0 Å². The molecule has 2 aromatic carbocycles. The highest BCUT2D eigenvalue weighted by molar-refractivity contribution is 6.30. The maximum Gasteiger partial charge on any atom is 0.222 e. The van der Waals surface area contributed by atoms with Gasteiger partial charge in [-0.05, 0) is 42.3 Å². The minimum Gasteiger partial charge on any atom is -0.365 e. The predicted molar refractivity (Wildman–Crippen MR) is 110 cm³/mol. The van der Waals surface area contributed by atoms with Crippen LogP contribution >= 0.6 is 23.2 Å². The molecule has 0 spiro atoms. The third kappa shape index (κ3) is 5.04. The van der Waals surface area contributed by atoms with Gasteiger partial charge in [0.15, 0.2) is 0 Å². The molecule has 1 amide bonds. The maximum atomic E-state index is 12.4. The van der Waals surface area contributed by atoms with E-state index in [0.717, 1.165) is 11.1 Å². The number of carbonyl (C=O) groups is 1. The van der Waals surface area contributed by atoms with Crippen LogP contribution < -0.4 is 5.32 Å². The molecule has 27 heavy (non-hydrogen) atoms. The zero-order valence-corrected chi connectivity index (χ0v) is 17.3. The van der Waals surface area contributed by atoms with Crippen LogP contribution in [-0.4, -0.2) is 11.4 Å². The second-order valence-corrected chi connectivity index (χ2v) is 8.71. The number of hydrogen-bond acceptors (Lipinski definition) is 2. The maximum absolute atomic E-state index is 12.4. The van der Waals surface area contributed by atoms with Crippen molar-refractivity contribution in [3.63, 3.8) is 0 Å². The molecule has 3 nitrogen and oxygen atoms in total. The first kappa shape index (κ1) is 20.2. The van der Waals surface area contributed by atoms with E-state index in [4.69, 9.17) is 27.9 Å². The molecular weight excluding hydrogens is 381 g/mol. The smallest absolute Gasteiger partial charge is 0.222 e. The summed E-state index contributed by atoms with van der Waals surface area (Å²) in [5, 5.41) is 4.59. The van der Waals surface area contributed by atoms with E-state index >= 15 is 0 Å². The zero-order chi connectivity index (χ0) is 19.6. The van der Waals surface area contributed by atoms with E-state index in [9.17, 15) is 4.79 Å². The number of nitrogens with one attached hydrogen (secondary N) is 1. The molecule has 0 radical (unpaired) electrons. The summed E-state index contributed by atoms with van der Waals surface area (Å²) >= 11 is 12.4. The number of hydrogen-bond donors (Lipinski definition) is 1. The first-order chi connectivity index (χ1) is 12.8. The highest BCUT2D eigenvalue weighted by Crippen LogP contribution is 2.44. The predicted octanol–water partition coefficient (Wildman–Crippen LogP) is 6.12. The molecule has 0 bridgehead atoms. The van der Waals surface area contributed by atoms with Gasteiger partial charge >= 0.3 is 0 Å². The molecule has 1 saturated heterocycles. The van der Waals surface area contributed by atoms with Crippen molar-refractivity contribution in [2.75, 3.05) is 0 Å². The summed E-state index contributed by atoms with van der Waals surface area (Å²) < 4.78 is 6.44. The first-order valence-corrected chi connectivity index (χ1v) is 10.00. The van der Waals surface area contributed by atoms with Gasteiger partial charge in [-0.15, -0.1) is 0 Å². The highest BCUT2D eigenvalue weighted by atomic mass is 35.5. The van der Waals surface area contributed by atoms with Crippen LogP contribution in [0.2, 0.25) is 10.0 Å². The van der Waals surface area contributed by atoms with Crippen LogP contribution in [-0.2, 0) is 9.53 Å². The van der Waals surface area contributed by atoms with Gasteiger partial charge in [-0.2, -0.15) is 0 Å². The fraction of sp³-hybridized carbons (Fsp3) is 0.409. The lowest BCUT2D eigenvalue weighted by atomic mass is 9.81. The number of halogens is 2. The standard InChI is InChI=1S/C22H25Cl2NO2/c1-14(2)21(26)25-22(3)12-19(15-6-4-8-17(23)10-15)27-20(13-22)16-7-5-9-18(24)11-16/h4-11,14,19-20H,12-13H2,1-3H3,(H,25,26)/t19-,20+,22?. The Balaban J connectivity index is 1.93. The fourth-order valence-electron chi connectivity index (χ4n) is 3.55. The Bertz CT molecular complexity index is 768. The van der Waals surface area contributed by atoms with Crippen molar-refractivity contribution in [3.05, 3.63) is 69.7 Å². The number of ether oxygens (including phenoxy) is 1. The Kier molecular flexibility index (Phi) is 6.15. The SMILES string of the molecule is CC(C)C(=O)NC1(C)C[C@@H](c2cccc(Cl)c2)O[C@@H](c2cccc(Cl)c2)C1. The highest BCUT2D eigenvalue weighted by Gasteiger charge is 2.40. The molecule has 1 heterocycles. The molecule has 1 aliphatic rings. The average molecular weight is 406 g/mol. The number of rotatable bonds is 4. The second-order valence-electron chi connectivity index (χ2n) is 7.84. The van der Waals surface area contributed by atoms with Gasteiger partial charge < -0.3 is 10.1 Å². The van der Waals surface area contributed by atoms with Crippen molar-refractivity contribution in [2.45, 2.75) is 51.4 Å². The average Bonchev–Trinajstić information content (AvgIpc) is 2.61. The van der Waals surface area contributed by atoms with Crippen molar-refractivity contribution < 1.29 is 9.53 Å². The van der Waals surface area contributed by atoms with Crippen LogP contribution in [0.4, 0.5) is 0 Å². The van der Waals surface area contributed by atoms with Crippen LogP contribution in [0, 0.1) is 5.92 Å². The summed E-state index contributed by atoms with van der Waals surface area (Å²) in [7, 11) is 0. The molecule has 3 rings (SSSR count). The lowest BCUT2D eigenvalue weighted by Gasteiger charge is -2.43. The lowest BCUT2D eigenvalue weighted by Crippen LogP contribution is -2.52. The van der Waals surface area contributed by atoms with E-state index in [1.165, 1.54) is 0 Å². The van der Waals surface area contributed by atoms with E-state index in [2.05, 4.69) is 12.2 Å². The minimum atomic E-state index is -0.389. The summed E-state index contributed by atoms with van der Waals surface area (Å²) in [4.78, 5) is 12.4. The molecule has 0 saturated carbocycles. The molecule has 1 fully saturated rings. The zero-order valence-electron chi connectivity index (χ0n) is 15.8. The van der Waals surface area contributed by atoms with Crippen molar-refractivity contribution >= 4 is 29.1 Å². The monoisotopic (exact) mass is 405 g/mol. The molecule has 0 aliphatic carbocycles. The van der Waals surface area contributed by atoms with E-state index < -0.39 is 0 Å². The van der Waals surface area contributed by atoms with Gasteiger partial charge in [-0.1, -0.05) is 61.3 Å². The van der Waals surface area contributed by atoms with E-state index in [1.54, 1.807) is 0 Å². The Morgan fingerprint density at radius 2 is 1.52 bits per heavy atom. The normalized spacial score (nSPS) is 25.4. The minimum absolute atomic E-state index is 0.0501. The van der Waals surface area contributed by atoms with Gasteiger partial charge in [0, 0.05) is 34.3 Å². The Morgan fingerprint density at radius 1 is 1.04 bits per heavy atom. The summed E-state index contributed by atoms with van der Waals surface area (Å²) in [6.07, 6.45) is 1.03. The van der Waals surface area contributed by atoms with Crippen LogP contribution in [0.15, 0.2) is 48.5 Å². The molecule has 3 atom stereocenters. The third-order valence-electron chi connectivity index (χ3n) is 4.99. The van der Waals surface area contributed by atoms with Crippen LogP contribution in [0.3, 0.4) is 0 Å². The molecule has 144 valence electrons. The van der Waals surface area contributed by atoms with Gasteiger partial charge in [0.25, 0.3) is 0 Å². The van der Waals surface area contributed by atoms with Crippen LogP contribution in [0.5, 0.6) is 0 Å². The summed E-state index contributed by atoms with van der Waals surface area (Å²) in [6.45, 7) is 5.90. The van der Waals surface area contributed by atoms with Gasteiger partial charge in [0.2, 0.25) is 5.91 Å². The summed E-state index contributed by atoms with van der Waals surface area (Å²) in [5.74, 6) is -0.0204. The summed E-state index contributed by atoms with van der Waals surface area (Å²) in [6, 6.07) is 15.4. The number of carbonyl (C=O) groups excluding carboxylic acids is 1.